The fourth-order valence-corrected chi connectivity index (χ4v) is 3.81. The van der Waals surface area contributed by atoms with Crippen LogP contribution in [-0.4, -0.2) is 23.4 Å². The summed E-state index contributed by atoms with van der Waals surface area (Å²) >= 11 is 0. The van der Waals surface area contributed by atoms with Crippen LogP contribution in [0.5, 0.6) is 5.88 Å². The van der Waals surface area contributed by atoms with Crippen LogP contribution in [0.25, 0.3) is 11.1 Å². The fourth-order valence-electron chi connectivity index (χ4n) is 2.77. The molecule has 0 saturated carbocycles. The molecule has 0 spiro atoms. The highest BCUT2D eigenvalue weighted by molar-refractivity contribution is 7.92. The Hall–Kier alpha value is -4.36. The first-order chi connectivity index (χ1) is 14.7. The number of aromatic hydroxyl groups is 1. The third-order valence-corrected chi connectivity index (χ3v) is 5.53. The molecular weight excluding hydrogens is 426 g/mol. The van der Waals surface area contributed by atoms with Gasteiger partial charge in [0.05, 0.1) is 10.6 Å². The van der Waals surface area contributed by atoms with E-state index in [0.717, 1.165) is 12.1 Å². The maximum atomic E-state index is 12.8. The highest BCUT2D eigenvalue weighted by Gasteiger charge is 2.26. The van der Waals surface area contributed by atoms with Gasteiger partial charge in [0, 0.05) is 5.56 Å². The summed E-state index contributed by atoms with van der Waals surface area (Å²) in [7, 11) is -4.33. The van der Waals surface area contributed by atoms with Crippen LogP contribution in [0.15, 0.2) is 64.3 Å². The van der Waals surface area contributed by atoms with Gasteiger partial charge in [-0.1, -0.05) is 30.3 Å². The molecule has 2 aromatic carbocycles. The zero-order chi connectivity index (χ0) is 22.8. The van der Waals surface area contributed by atoms with Gasteiger partial charge in [0.15, 0.2) is 0 Å². The first kappa shape index (κ1) is 21.4. The number of nitriles is 2. The predicted octanol–water partition coefficient (Wildman–Crippen LogP) is 1.59. The molecule has 11 nitrogen and oxygen atoms in total. The van der Waals surface area contributed by atoms with Crippen molar-refractivity contribution in [2.24, 2.45) is 0 Å². The van der Waals surface area contributed by atoms with E-state index in [-0.39, 0.29) is 26.4 Å². The lowest BCUT2D eigenvalue weighted by atomic mass is 9.97. The first-order valence-electron chi connectivity index (χ1n) is 8.38. The fraction of sp³-hybridized carbons (Fsp3) is 0. The van der Waals surface area contributed by atoms with Crippen molar-refractivity contribution in [2.75, 3.05) is 10.1 Å². The minimum atomic E-state index is -4.33. The summed E-state index contributed by atoms with van der Waals surface area (Å²) in [4.78, 5) is 14.5. The zero-order valence-electron chi connectivity index (χ0n) is 15.4. The maximum Gasteiger partial charge on any atom is 0.291 e. The van der Waals surface area contributed by atoms with Crippen molar-refractivity contribution < 1.29 is 18.7 Å². The van der Waals surface area contributed by atoms with Crippen LogP contribution in [0.4, 0.5) is 5.69 Å². The van der Waals surface area contributed by atoms with Crippen LogP contribution < -0.4 is 15.6 Å². The lowest BCUT2D eigenvalue weighted by Gasteiger charge is -2.21. The molecule has 0 aliphatic heterocycles. The molecule has 3 N–H and O–H groups in total. The van der Waals surface area contributed by atoms with Crippen molar-refractivity contribution in [1.82, 2.24) is 4.68 Å². The number of hydrogen-bond acceptors (Lipinski definition) is 9. The summed E-state index contributed by atoms with van der Waals surface area (Å²) in [6.07, 6.45) is 0. The molecule has 0 bridgehead atoms. The van der Waals surface area contributed by atoms with Gasteiger partial charge in [-0.2, -0.15) is 23.6 Å². The molecule has 12 heteroatoms. The van der Waals surface area contributed by atoms with Gasteiger partial charge in [-0.15, -0.1) is 0 Å². The van der Waals surface area contributed by atoms with E-state index in [1.807, 2.05) is 4.83 Å². The van der Waals surface area contributed by atoms with Gasteiger partial charge in [-0.25, -0.2) is 4.83 Å². The average Bonchev–Trinajstić information content (AvgIpc) is 2.77. The second-order valence-electron chi connectivity index (χ2n) is 6.04. The molecule has 0 radical (unpaired) electrons. The number of aromatic nitrogens is 1. The van der Waals surface area contributed by atoms with Crippen molar-refractivity contribution in [3.8, 4) is 29.1 Å². The SMILES string of the molecule is N#Cc1c(-c2ccc(N([O-])O)cc2)c(C#N)c(=O)n(NS(=O)(=O)c2ccccc2)c1O. The molecule has 0 amide bonds. The molecule has 3 rings (SSSR count). The standard InChI is InChI=1S/C19H12N5O6S/c20-10-15-17(12-6-8-13(9-7-12)24(27)28)16(11-21)19(26)23(18(15)25)22-31(29,30)14-4-2-1-3-5-14/h1-9,22,25,27H/q-1. The van der Waals surface area contributed by atoms with Gasteiger partial charge in [0.1, 0.15) is 23.3 Å². The van der Waals surface area contributed by atoms with Crippen LogP contribution in [-0.2, 0) is 10.0 Å². The molecule has 0 fully saturated rings. The van der Waals surface area contributed by atoms with E-state index in [9.17, 15) is 34.0 Å². The van der Waals surface area contributed by atoms with Crippen molar-refractivity contribution >= 4 is 15.7 Å². The van der Waals surface area contributed by atoms with Crippen LogP contribution in [0.1, 0.15) is 11.1 Å². The predicted molar refractivity (Wildman–Crippen MR) is 108 cm³/mol. The molecule has 0 aliphatic carbocycles. The van der Waals surface area contributed by atoms with Gasteiger partial charge < -0.3 is 15.5 Å². The molecule has 1 heterocycles. The number of hydrogen-bond donors (Lipinski definition) is 3. The Morgan fingerprint density at radius 1 is 1.00 bits per heavy atom. The van der Waals surface area contributed by atoms with Crippen molar-refractivity contribution in [1.29, 1.82) is 10.5 Å². The van der Waals surface area contributed by atoms with Gasteiger partial charge in [-0.3, -0.25) is 10.0 Å². The second kappa shape index (κ2) is 8.17. The van der Waals surface area contributed by atoms with Gasteiger partial charge in [0.2, 0.25) is 5.88 Å². The number of sulfonamides is 1. The summed E-state index contributed by atoms with van der Waals surface area (Å²) in [5.41, 5.74) is -2.71. The van der Waals surface area contributed by atoms with Gasteiger partial charge >= 0.3 is 0 Å². The summed E-state index contributed by atoms with van der Waals surface area (Å²) in [6.45, 7) is 0. The summed E-state index contributed by atoms with van der Waals surface area (Å²) in [5, 5.41) is 49.0. The molecule has 156 valence electrons. The molecule has 0 unspecified atom stereocenters. The topological polar surface area (TPSA) is 183 Å². The highest BCUT2D eigenvalue weighted by atomic mass is 32.2. The quantitative estimate of drug-likeness (QED) is 0.498. The Kier molecular flexibility index (Phi) is 5.63. The molecule has 0 atom stereocenters. The first-order valence-corrected chi connectivity index (χ1v) is 9.86. The van der Waals surface area contributed by atoms with E-state index in [0.29, 0.717) is 0 Å². The Morgan fingerprint density at radius 2 is 1.58 bits per heavy atom. The summed E-state index contributed by atoms with van der Waals surface area (Å²) in [5.74, 6) is -1.03. The lowest BCUT2D eigenvalue weighted by Crippen LogP contribution is -2.35. The smallest absolute Gasteiger partial charge is 0.291 e. The van der Waals surface area contributed by atoms with E-state index in [1.54, 1.807) is 18.2 Å². The van der Waals surface area contributed by atoms with Crippen LogP contribution in [0.3, 0.4) is 0 Å². The number of nitrogens with one attached hydrogen (secondary N) is 1. The van der Waals surface area contributed by atoms with Crippen LogP contribution in [0, 0.1) is 27.9 Å². The van der Waals surface area contributed by atoms with Crippen molar-refractivity contribution in [2.45, 2.75) is 4.90 Å². The molecule has 0 aliphatic rings. The second-order valence-corrected chi connectivity index (χ2v) is 7.70. The highest BCUT2D eigenvalue weighted by Crippen LogP contribution is 2.32. The Morgan fingerprint density at radius 3 is 2.10 bits per heavy atom. The van der Waals surface area contributed by atoms with Gasteiger partial charge in [-0.05, 0) is 29.8 Å². The minimum absolute atomic E-state index is 0.101. The Balaban J connectivity index is 2.23. The Labute approximate surface area is 175 Å². The van der Waals surface area contributed by atoms with E-state index in [1.165, 1.54) is 36.4 Å². The zero-order valence-corrected chi connectivity index (χ0v) is 16.2. The van der Waals surface area contributed by atoms with Crippen LogP contribution >= 0.6 is 0 Å². The van der Waals surface area contributed by atoms with E-state index >= 15 is 0 Å². The summed E-state index contributed by atoms with van der Waals surface area (Å²) in [6, 6.07) is 15.0. The molecule has 3 aromatic rings. The monoisotopic (exact) mass is 438 g/mol. The normalized spacial score (nSPS) is 10.7. The van der Waals surface area contributed by atoms with E-state index < -0.39 is 37.8 Å². The largest absolute Gasteiger partial charge is 0.733 e. The molecule has 0 saturated heterocycles. The number of anilines is 1. The number of rotatable bonds is 5. The molecule has 1 aromatic heterocycles. The summed E-state index contributed by atoms with van der Waals surface area (Å²) < 4.78 is 25.3. The van der Waals surface area contributed by atoms with Crippen molar-refractivity contribution in [3.63, 3.8) is 0 Å². The van der Waals surface area contributed by atoms with Gasteiger partial charge in [0.25, 0.3) is 15.6 Å². The number of pyridine rings is 1. The van der Waals surface area contributed by atoms with Crippen LogP contribution in [0.2, 0.25) is 0 Å². The molecule has 31 heavy (non-hydrogen) atoms. The number of benzene rings is 2. The Bertz CT molecular complexity index is 1390. The maximum absolute atomic E-state index is 12.8. The third kappa shape index (κ3) is 3.90. The average molecular weight is 438 g/mol. The molecular formula is C19H12N5O6S-. The minimum Gasteiger partial charge on any atom is -0.733 e. The third-order valence-electron chi connectivity index (χ3n) is 4.22. The lowest BCUT2D eigenvalue weighted by molar-refractivity contribution is 0.296. The van der Waals surface area contributed by atoms with E-state index in [4.69, 9.17) is 5.21 Å². The van der Waals surface area contributed by atoms with E-state index in [2.05, 4.69) is 0 Å². The number of nitrogens with zero attached hydrogens (tertiary/aromatic N) is 4. The van der Waals surface area contributed by atoms with Crippen molar-refractivity contribution in [3.05, 3.63) is 81.3 Å².